The summed E-state index contributed by atoms with van der Waals surface area (Å²) in [5, 5.41) is 10.1. The Bertz CT molecular complexity index is 699. The van der Waals surface area contributed by atoms with Crippen LogP contribution in [-0.2, 0) is 0 Å². The molecule has 0 saturated heterocycles. The Morgan fingerprint density at radius 3 is 2.38 bits per heavy atom. The molecule has 3 N–H and O–H groups in total. The molecule has 0 atom stereocenters. The van der Waals surface area contributed by atoms with Crippen molar-refractivity contribution < 1.29 is 0 Å². The number of fused-ring (bicyclic) bond motifs is 1. The lowest BCUT2D eigenvalue weighted by Gasteiger charge is -2.27. The minimum Gasteiger partial charge on any atom is -0.384 e. The minimum absolute atomic E-state index is 0.151. The number of rotatable bonds is 5. The van der Waals surface area contributed by atoms with E-state index in [1.54, 1.807) is 0 Å². The number of hydrogen-bond donors (Lipinski definition) is 2. The maximum absolute atomic E-state index is 7.78. The maximum atomic E-state index is 7.78. The molecule has 21 heavy (non-hydrogen) atoms. The van der Waals surface area contributed by atoms with Gasteiger partial charge in [-0.2, -0.15) is 0 Å². The van der Waals surface area contributed by atoms with Crippen molar-refractivity contribution in [2.45, 2.75) is 31.7 Å². The first-order valence-electron chi connectivity index (χ1n) is 7.87. The Balaban J connectivity index is 1.83. The fourth-order valence-corrected chi connectivity index (χ4v) is 3.18. The smallest absolute Gasteiger partial charge is 0.123 e. The molecule has 3 nitrogen and oxygen atoms in total. The molecule has 2 aliphatic rings. The van der Waals surface area contributed by atoms with Crippen molar-refractivity contribution in [1.82, 2.24) is 0 Å². The van der Waals surface area contributed by atoms with Gasteiger partial charge in [0.15, 0.2) is 0 Å². The van der Waals surface area contributed by atoms with E-state index in [9.17, 15) is 0 Å². The van der Waals surface area contributed by atoms with Crippen LogP contribution in [0.1, 0.15) is 31.2 Å². The predicted octanol–water partition coefficient (Wildman–Crippen LogP) is 3.50. The Kier molecular flexibility index (Phi) is 2.88. The average Bonchev–Trinajstić information content (AvgIpc) is 3.37. The zero-order chi connectivity index (χ0) is 14.4. The van der Waals surface area contributed by atoms with Gasteiger partial charge < -0.3 is 10.6 Å². The molecule has 0 aliphatic heterocycles. The highest BCUT2D eigenvalue weighted by Gasteiger charge is 2.34. The molecule has 0 amide bonds. The van der Waals surface area contributed by atoms with Gasteiger partial charge in [-0.1, -0.05) is 24.3 Å². The first-order chi connectivity index (χ1) is 10.2. The zero-order valence-corrected chi connectivity index (χ0v) is 12.2. The van der Waals surface area contributed by atoms with Crippen LogP contribution in [0, 0.1) is 11.3 Å². The van der Waals surface area contributed by atoms with Gasteiger partial charge in [-0.05, 0) is 49.1 Å². The molecule has 0 aromatic heterocycles. The molecule has 2 aromatic carbocycles. The molecular formula is C18H21N3. The third-order valence-corrected chi connectivity index (χ3v) is 4.64. The molecule has 2 fully saturated rings. The molecule has 0 heterocycles. The van der Waals surface area contributed by atoms with Gasteiger partial charge in [-0.3, -0.25) is 5.41 Å². The van der Waals surface area contributed by atoms with Crippen molar-refractivity contribution in [3.8, 4) is 0 Å². The van der Waals surface area contributed by atoms with Crippen molar-refractivity contribution in [3.05, 3.63) is 42.0 Å². The third kappa shape index (κ3) is 2.37. The molecule has 0 radical (unpaired) electrons. The number of nitrogens with two attached hydrogens (primary N) is 1. The lowest BCUT2D eigenvalue weighted by Crippen LogP contribution is -2.28. The second-order valence-electron chi connectivity index (χ2n) is 6.42. The fraction of sp³-hybridized carbons (Fsp3) is 0.389. The first kappa shape index (κ1) is 12.7. The highest BCUT2D eigenvalue weighted by atomic mass is 15.2. The average molecular weight is 279 g/mol. The van der Waals surface area contributed by atoms with Crippen molar-refractivity contribution in [1.29, 1.82) is 5.41 Å². The number of amidine groups is 1. The number of benzene rings is 2. The number of nitrogens with one attached hydrogen (secondary N) is 1. The van der Waals surface area contributed by atoms with E-state index >= 15 is 0 Å². The van der Waals surface area contributed by atoms with E-state index in [-0.39, 0.29) is 5.84 Å². The fourth-order valence-electron chi connectivity index (χ4n) is 3.18. The summed E-state index contributed by atoms with van der Waals surface area (Å²) in [5.41, 5.74) is 7.91. The Morgan fingerprint density at radius 1 is 1.05 bits per heavy atom. The molecule has 2 saturated carbocycles. The van der Waals surface area contributed by atoms with Gasteiger partial charge in [0.2, 0.25) is 0 Å². The van der Waals surface area contributed by atoms with Crippen LogP contribution in [0.2, 0.25) is 0 Å². The van der Waals surface area contributed by atoms with Gasteiger partial charge in [0.1, 0.15) is 5.84 Å². The summed E-state index contributed by atoms with van der Waals surface area (Å²) in [4.78, 5) is 2.60. The maximum Gasteiger partial charge on any atom is 0.123 e. The third-order valence-electron chi connectivity index (χ3n) is 4.64. The van der Waals surface area contributed by atoms with E-state index in [1.807, 2.05) is 12.1 Å². The van der Waals surface area contributed by atoms with Crippen molar-refractivity contribution >= 4 is 22.3 Å². The van der Waals surface area contributed by atoms with Crippen LogP contribution in [0.3, 0.4) is 0 Å². The first-order valence-corrected chi connectivity index (χ1v) is 7.87. The van der Waals surface area contributed by atoms with Gasteiger partial charge in [0.05, 0.1) is 0 Å². The van der Waals surface area contributed by atoms with Gasteiger partial charge in [0, 0.05) is 29.2 Å². The second kappa shape index (κ2) is 4.76. The Labute approximate surface area is 125 Å². The van der Waals surface area contributed by atoms with Crippen LogP contribution in [0.15, 0.2) is 36.4 Å². The van der Waals surface area contributed by atoms with Crippen LogP contribution in [0.4, 0.5) is 5.69 Å². The number of hydrogen-bond acceptors (Lipinski definition) is 2. The molecule has 0 unspecified atom stereocenters. The van der Waals surface area contributed by atoms with Crippen molar-refractivity contribution in [2.24, 2.45) is 11.7 Å². The topological polar surface area (TPSA) is 53.1 Å². The lowest BCUT2D eigenvalue weighted by atomic mass is 10.0. The van der Waals surface area contributed by atoms with Crippen LogP contribution in [0.25, 0.3) is 10.8 Å². The Morgan fingerprint density at radius 2 is 1.76 bits per heavy atom. The number of nitrogen functional groups attached to an aromatic ring is 1. The highest BCUT2D eigenvalue weighted by molar-refractivity contribution is 6.10. The van der Waals surface area contributed by atoms with Crippen LogP contribution >= 0.6 is 0 Å². The van der Waals surface area contributed by atoms with Crippen LogP contribution in [0.5, 0.6) is 0 Å². The molecule has 3 heteroatoms. The van der Waals surface area contributed by atoms with Crippen LogP contribution < -0.4 is 10.6 Å². The molecular weight excluding hydrogens is 258 g/mol. The molecule has 0 bridgehead atoms. The molecule has 0 spiro atoms. The molecule has 2 aromatic rings. The zero-order valence-electron chi connectivity index (χ0n) is 12.2. The summed E-state index contributed by atoms with van der Waals surface area (Å²) in [5.74, 6) is 1.04. The quantitative estimate of drug-likeness (QED) is 0.650. The van der Waals surface area contributed by atoms with E-state index in [4.69, 9.17) is 11.1 Å². The predicted molar refractivity (Wildman–Crippen MR) is 88.1 cm³/mol. The SMILES string of the molecule is N=C(N)c1ccc(N(CC2CC2)C2CC2)c2ccccc12. The number of nitrogens with zero attached hydrogens (tertiary/aromatic N) is 1. The summed E-state index contributed by atoms with van der Waals surface area (Å²) < 4.78 is 0. The summed E-state index contributed by atoms with van der Waals surface area (Å²) in [6.45, 7) is 1.19. The van der Waals surface area contributed by atoms with E-state index in [0.29, 0.717) is 0 Å². The van der Waals surface area contributed by atoms with E-state index in [2.05, 4.69) is 29.2 Å². The largest absolute Gasteiger partial charge is 0.384 e. The number of anilines is 1. The standard InChI is InChI=1S/C18H21N3/c19-18(20)16-9-10-17(15-4-2-1-3-14(15)16)21(13-7-8-13)11-12-5-6-12/h1-4,9-10,12-13H,5-8,11H2,(H3,19,20). The van der Waals surface area contributed by atoms with Gasteiger partial charge in [-0.25, -0.2) is 0 Å². The van der Waals surface area contributed by atoms with E-state index in [1.165, 1.54) is 43.3 Å². The van der Waals surface area contributed by atoms with Crippen LogP contribution in [-0.4, -0.2) is 18.4 Å². The monoisotopic (exact) mass is 279 g/mol. The molecule has 4 rings (SSSR count). The van der Waals surface area contributed by atoms with Gasteiger partial charge in [-0.15, -0.1) is 0 Å². The van der Waals surface area contributed by atoms with Gasteiger partial charge >= 0.3 is 0 Å². The molecule has 2 aliphatic carbocycles. The minimum atomic E-state index is 0.151. The molecule has 108 valence electrons. The normalized spacial score (nSPS) is 17.9. The summed E-state index contributed by atoms with van der Waals surface area (Å²) in [7, 11) is 0. The second-order valence-corrected chi connectivity index (χ2v) is 6.42. The van der Waals surface area contributed by atoms with E-state index < -0.39 is 0 Å². The lowest BCUT2D eigenvalue weighted by molar-refractivity contribution is 0.721. The van der Waals surface area contributed by atoms with Gasteiger partial charge in [0.25, 0.3) is 0 Å². The highest BCUT2D eigenvalue weighted by Crippen LogP contribution is 2.40. The summed E-state index contributed by atoms with van der Waals surface area (Å²) in [6.07, 6.45) is 5.39. The summed E-state index contributed by atoms with van der Waals surface area (Å²) >= 11 is 0. The summed E-state index contributed by atoms with van der Waals surface area (Å²) in [6, 6.07) is 13.3. The Hall–Kier alpha value is -2.03. The van der Waals surface area contributed by atoms with Crippen molar-refractivity contribution in [2.75, 3.05) is 11.4 Å². The van der Waals surface area contributed by atoms with Crippen molar-refractivity contribution in [3.63, 3.8) is 0 Å². The van der Waals surface area contributed by atoms with E-state index in [0.717, 1.165) is 22.9 Å².